The van der Waals surface area contributed by atoms with Crippen LogP contribution in [0.5, 0.6) is 0 Å². The second kappa shape index (κ2) is 8.67. The van der Waals surface area contributed by atoms with Crippen molar-refractivity contribution in [3.8, 4) is 0 Å². The molecular weight excluding hydrogens is 410 g/mol. The van der Waals surface area contributed by atoms with Crippen molar-refractivity contribution in [2.24, 2.45) is 0 Å². The number of aromatic nitrogens is 2. The predicted octanol–water partition coefficient (Wildman–Crippen LogP) is 3.72. The van der Waals surface area contributed by atoms with Crippen molar-refractivity contribution < 1.29 is 13.2 Å². The van der Waals surface area contributed by atoms with E-state index >= 15 is 0 Å². The number of aryl methyl sites for hydroxylation is 1. The van der Waals surface area contributed by atoms with Gasteiger partial charge >= 0.3 is 0 Å². The summed E-state index contributed by atoms with van der Waals surface area (Å²) in [4.78, 5) is 18.3. The van der Waals surface area contributed by atoms with Gasteiger partial charge in [-0.3, -0.25) is 4.79 Å². The molecule has 1 aliphatic rings. The molecular formula is C24H27N3O3S. The van der Waals surface area contributed by atoms with Gasteiger partial charge in [-0.2, -0.15) is 0 Å². The maximum Gasteiger partial charge on any atom is 0.228 e. The normalized spacial score (nSPS) is 13.9. The van der Waals surface area contributed by atoms with Crippen LogP contribution >= 0.6 is 0 Å². The number of amides is 1. The number of nitrogens with zero attached hydrogens (tertiary/aromatic N) is 3. The van der Waals surface area contributed by atoms with E-state index in [4.69, 9.17) is 0 Å². The SMILES string of the molecule is CC(=O)N(Cc1cnc(S(=O)(=O)Cc2ccc(C)cc2)n1Cc1ccccc1)C1CC1. The molecule has 4 rings (SSSR count). The van der Waals surface area contributed by atoms with E-state index in [0.717, 1.165) is 35.2 Å². The van der Waals surface area contributed by atoms with Gasteiger partial charge in [-0.05, 0) is 30.9 Å². The van der Waals surface area contributed by atoms with E-state index in [2.05, 4.69) is 4.98 Å². The number of carbonyl (C=O) groups is 1. The first-order chi connectivity index (χ1) is 14.8. The quantitative estimate of drug-likeness (QED) is 0.538. The number of imidazole rings is 1. The molecule has 0 atom stereocenters. The van der Waals surface area contributed by atoms with Gasteiger partial charge in [0.1, 0.15) is 0 Å². The summed E-state index contributed by atoms with van der Waals surface area (Å²) in [5, 5.41) is 0.0474. The van der Waals surface area contributed by atoms with Crippen LogP contribution in [0.25, 0.3) is 0 Å². The Morgan fingerprint density at radius 1 is 1.06 bits per heavy atom. The first kappa shape index (κ1) is 21.3. The summed E-state index contributed by atoms with van der Waals surface area (Å²) in [6.45, 7) is 4.28. The van der Waals surface area contributed by atoms with E-state index in [0.29, 0.717) is 13.1 Å². The molecule has 0 aliphatic heterocycles. The van der Waals surface area contributed by atoms with Crippen molar-refractivity contribution in [3.05, 3.63) is 83.2 Å². The van der Waals surface area contributed by atoms with Crippen molar-refractivity contribution in [1.29, 1.82) is 0 Å². The van der Waals surface area contributed by atoms with Gasteiger partial charge in [0.2, 0.25) is 20.9 Å². The van der Waals surface area contributed by atoms with E-state index in [-0.39, 0.29) is 22.9 Å². The Hall–Kier alpha value is -2.93. The Kier molecular flexibility index (Phi) is 5.96. The van der Waals surface area contributed by atoms with Crippen LogP contribution in [0.15, 0.2) is 66.0 Å². The van der Waals surface area contributed by atoms with Crippen LogP contribution in [0.3, 0.4) is 0 Å². The van der Waals surface area contributed by atoms with E-state index in [1.807, 2.05) is 66.4 Å². The lowest BCUT2D eigenvalue weighted by Gasteiger charge is -2.22. The second-order valence-electron chi connectivity index (χ2n) is 8.23. The Balaban J connectivity index is 1.69. The van der Waals surface area contributed by atoms with E-state index in [9.17, 15) is 13.2 Å². The van der Waals surface area contributed by atoms with Crippen molar-refractivity contribution in [2.45, 2.75) is 56.7 Å². The van der Waals surface area contributed by atoms with Crippen LogP contribution in [0, 0.1) is 6.92 Å². The maximum absolute atomic E-state index is 13.3. The number of rotatable bonds is 8. The van der Waals surface area contributed by atoms with E-state index in [1.54, 1.807) is 17.7 Å². The van der Waals surface area contributed by atoms with Crippen LogP contribution in [0.4, 0.5) is 0 Å². The molecule has 1 heterocycles. The number of carbonyl (C=O) groups excluding carboxylic acids is 1. The molecule has 1 aromatic heterocycles. The summed E-state index contributed by atoms with van der Waals surface area (Å²) >= 11 is 0. The average Bonchev–Trinajstić information content (AvgIpc) is 3.49. The zero-order valence-electron chi connectivity index (χ0n) is 17.9. The molecule has 3 aromatic rings. The summed E-state index contributed by atoms with van der Waals surface area (Å²) in [5.74, 6) is -0.114. The highest BCUT2D eigenvalue weighted by molar-refractivity contribution is 7.90. The molecule has 2 aromatic carbocycles. The molecule has 1 saturated carbocycles. The summed E-state index contributed by atoms with van der Waals surface area (Å²) in [7, 11) is -3.67. The minimum Gasteiger partial charge on any atom is -0.334 e. The molecule has 0 N–H and O–H groups in total. The standard InChI is InChI=1S/C24H27N3O3S/c1-18-8-10-21(11-9-18)17-31(29,30)24-25-14-23(16-26(19(2)28)22-12-13-22)27(24)15-20-6-4-3-5-7-20/h3-11,14,22H,12-13,15-17H2,1-2H3. The smallest absolute Gasteiger partial charge is 0.228 e. The number of benzene rings is 2. The molecule has 1 aliphatic carbocycles. The zero-order chi connectivity index (χ0) is 22.0. The lowest BCUT2D eigenvalue weighted by Crippen LogP contribution is -2.31. The molecule has 1 fully saturated rings. The van der Waals surface area contributed by atoms with Crippen LogP contribution in [0.2, 0.25) is 0 Å². The molecule has 6 nitrogen and oxygen atoms in total. The largest absolute Gasteiger partial charge is 0.334 e. The number of sulfone groups is 1. The number of hydrogen-bond acceptors (Lipinski definition) is 4. The Bertz CT molecular complexity index is 1160. The zero-order valence-corrected chi connectivity index (χ0v) is 18.7. The fourth-order valence-electron chi connectivity index (χ4n) is 3.73. The average molecular weight is 438 g/mol. The van der Waals surface area contributed by atoms with Crippen LogP contribution < -0.4 is 0 Å². The van der Waals surface area contributed by atoms with Crippen LogP contribution in [0.1, 0.15) is 42.1 Å². The third-order valence-corrected chi connectivity index (χ3v) is 7.16. The van der Waals surface area contributed by atoms with Crippen molar-refractivity contribution in [1.82, 2.24) is 14.5 Å². The third-order valence-electron chi connectivity index (χ3n) is 5.57. The molecule has 31 heavy (non-hydrogen) atoms. The van der Waals surface area contributed by atoms with Gasteiger partial charge in [0, 0.05) is 13.0 Å². The van der Waals surface area contributed by atoms with Gasteiger partial charge < -0.3 is 9.47 Å². The molecule has 0 bridgehead atoms. The van der Waals surface area contributed by atoms with Crippen LogP contribution in [-0.4, -0.2) is 34.8 Å². The topological polar surface area (TPSA) is 72.3 Å². The summed E-state index contributed by atoms with van der Waals surface area (Å²) in [6, 6.07) is 17.4. The van der Waals surface area contributed by atoms with Gasteiger partial charge in [-0.25, -0.2) is 13.4 Å². The van der Waals surface area contributed by atoms with Gasteiger partial charge in [0.25, 0.3) is 0 Å². The molecule has 0 spiro atoms. The lowest BCUT2D eigenvalue weighted by atomic mass is 10.2. The predicted molar refractivity (Wildman–Crippen MR) is 119 cm³/mol. The lowest BCUT2D eigenvalue weighted by molar-refractivity contribution is -0.130. The van der Waals surface area contributed by atoms with Gasteiger partial charge in [-0.1, -0.05) is 60.2 Å². The molecule has 162 valence electrons. The molecule has 0 saturated heterocycles. The summed E-state index contributed by atoms with van der Waals surface area (Å²) < 4.78 is 28.4. The monoisotopic (exact) mass is 437 g/mol. The van der Waals surface area contributed by atoms with E-state index < -0.39 is 9.84 Å². The highest BCUT2D eigenvalue weighted by Crippen LogP contribution is 2.29. The van der Waals surface area contributed by atoms with E-state index in [1.165, 1.54) is 0 Å². The maximum atomic E-state index is 13.3. The minimum absolute atomic E-state index is 0.000904. The van der Waals surface area contributed by atoms with Gasteiger partial charge in [0.15, 0.2) is 0 Å². The van der Waals surface area contributed by atoms with Gasteiger partial charge in [-0.15, -0.1) is 0 Å². The van der Waals surface area contributed by atoms with Crippen LogP contribution in [-0.2, 0) is 33.5 Å². The fraction of sp³-hybridized carbons (Fsp3) is 0.333. The molecule has 0 radical (unpaired) electrons. The molecule has 1 amide bonds. The fourth-order valence-corrected chi connectivity index (χ4v) is 5.22. The summed E-state index contributed by atoms with van der Waals surface area (Å²) in [6.07, 6.45) is 3.58. The molecule has 0 unspecified atom stereocenters. The van der Waals surface area contributed by atoms with Crippen molar-refractivity contribution >= 4 is 15.7 Å². The third kappa shape index (κ3) is 5.05. The van der Waals surface area contributed by atoms with Crippen molar-refractivity contribution in [3.63, 3.8) is 0 Å². The van der Waals surface area contributed by atoms with Crippen molar-refractivity contribution in [2.75, 3.05) is 0 Å². The molecule has 7 heteroatoms. The first-order valence-electron chi connectivity index (χ1n) is 10.5. The van der Waals surface area contributed by atoms with Gasteiger partial charge in [0.05, 0.1) is 30.7 Å². The highest BCUT2D eigenvalue weighted by atomic mass is 32.2. The Morgan fingerprint density at radius 2 is 1.74 bits per heavy atom. The Morgan fingerprint density at radius 3 is 2.35 bits per heavy atom. The first-order valence-corrected chi connectivity index (χ1v) is 12.1. The minimum atomic E-state index is -3.67. The number of hydrogen-bond donors (Lipinski definition) is 0. The summed E-state index contributed by atoms with van der Waals surface area (Å²) in [5.41, 5.74) is 3.52. The Labute approximate surface area is 183 Å². The highest BCUT2D eigenvalue weighted by Gasteiger charge is 2.32. The second-order valence-corrected chi connectivity index (χ2v) is 10.1.